The minimum absolute atomic E-state index is 0.545. The molecular formula is C14H27NO. The highest BCUT2D eigenvalue weighted by atomic mass is 16.5. The highest BCUT2D eigenvalue weighted by Gasteiger charge is 2.13. The largest absolute Gasteiger partial charge is 0.378 e. The summed E-state index contributed by atoms with van der Waals surface area (Å²) >= 11 is 0. The molecule has 2 heteroatoms. The Hall–Kier alpha value is -0.340. The standard InChI is InChI=1S/C14H27NO/c1-13(2)12-15-10-6-4-3-5-8-14-9-7-11-16-14/h3-4,13-15H,5-12H2,1-2H3. The number of hydrogen-bond acceptors (Lipinski definition) is 2. The van der Waals surface area contributed by atoms with Crippen molar-refractivity contribution >= 4 is 0 Å². The van der Waals surface area contributed by atoms with E-state index in [-0.39, 0.29) is 0 Å². The molecule has 0 amide bonds. The van der Waals surface area contributed by atoms with Gasteiger partial charge < -0.3 is 10.1 Å². The fourth-order valence-corrected chi connectivity index (χ4v) is 1.97. The first-order valence-corrected chi connectivity index (χ1v) is 6.76. The van der Waals surface area contributed by atoms with Gasteiger partial charge in [0.25, 0.3) is 0 Å². The Morgan fingerprint density at radius 2 is 2.12 bits per heavy atom. The zero-order valence-electron chi connectivity index (χ0n) is 10.9. The molecule has 94 valence electrons. The molecule has 0 aromatic carbocycles. The fraction of sp³-hybridized carbons (Fsp3) is 0.857. The Balaban J connectivity index is 1.84. The Morgan fingerprint density at radius 3 is 2.81 bits per heavy atom. The van der Waals surface area contributed by atoms with Crippen LogP contribution in [0.3, 0.4) is 0 Å². The van der Waals surface area contributed by atoms with Gasteiger partial charge in [-0.3, -0.25) is 0 Å². The average Bonchev–Trinajstić information content (AvgIpc) is 2.74. The predicted molar refractivity (Wildman–Crippen MR) is 69.7 cm³/mol. The molecule has 1 aliphatic rings. The van der Waals surface area contributed by atoms with Crippen LogP contribution < -0.4 is 5.32 Å². The second kappa shape index (κ2) is 8.77. The lowest BCUT2D eigenvalue weighted by Gasteiger charge is -2.06. The molecule has 1 atom stereocenters. The van der Waals surface area contributed by atoms with Crippen molar-refractivity contribution in [3.8, 4) is 0 Å². The summed E-state index contributed by atoms with van der Waals surface area (Å²) in [6.45, 7) is 7.70. The number of hydrogen-bond donors (Lipinski definition) is 1. The molecular weight excluding hydrogens is 198 g/mol. The van der Waals surface area contributed by atoms with Crippen molar-refractivity contribution in [1.29, 1.82) is 0 Å². The summed E-state index contributed by atoms with van der Waals surface area (Å²) in [6, 6.07) is 0. The van der Waals surface area contributed by atoms with Gasteiger partial charge in [-0.25, -0.2) is 0 Å². The lowest BCUT2D eigenvalue weighted by atomic mass is 10.1. The molecule has 1 rings (SSSR count). The van der Waals surface area contributed by atoms with Crippen molar-refractivity contribution in [1.82, 2.24) is 5.32 Å². The molecule has 0 radical (unpaired) electrons. The quantitative estimate of drug-likeness (QED) is 0.506. The van der Waals surface area contributed by atoms with Crippen LogP contribution in [0.2, 0.25) is 0 Å². The molecule has 0 aliphatic carbocycles. The van der Waals surface area contributed by atoms with E-state index in [0.29, 0.717) is 6.10 Å². The van der Waals surface area contributed by atoms with E-state index in [2.05, 4.69) is 31.3 Å². The summed E-state index contributed by atoms with van der Waals surface area (Å²) in [5.41, 5.74) is 0. The maximum atomic E-state index is 5.58. The molecule has 0 saturated carbocycles. The Kier molecular flexibility index (Phi) is 7.52. The van der Waals surface area contributed by atoms with Crippen LogP contribution in [0.15, 0.2) is 12.2 Å². The number of allylic oxidation sites excluding steroid dienone is 1. The summed E-state index contributed by atoms with van der Waals surface area (Å²) in [5, 5.41) is 3.44. The molecule has 1 N–H and O–H groups in total. The van der Waals surface area contributed by atoms with Gasteiger partial charge in [-0.1, -0.05) is 26.0 Å². The average molecular weight is 225 g/mol. The van der Waals surface area contributed by atoms with Gasteiger partial charge in [-0.15, -0.1) is 0 Å². The minimum atomic E-state index is 0.545. The Labute approximate surface area is 100 Å². The van der Waals surface area contributed by atoms with Crippen LogP contribution in [-0.2, 0) is 4.74 Å². The first-order chi connectivity index (χ1) is 7.79. The molecule has 0 spiro atoms. The molecule has 0 bridgehead atoms. The van der Waals surface area contributed by atoms with E-state index >= 15 is 0 Å². The van der Waals surface area contributed by atoms with Gasteiger partial charge >= 0.3 is 0 Å². The van der Waals surface area contributed by atoms with Crippen LogP contribution in [0.1, 0.15) is 46.0 Å². The molecule has 1 unspecified atom stereocenters. The van der Waals surface area contributed by atoms with E-state index in [0.717, 1.165) is 32.0 Å². The minimum Gasteiger partial charge on any atom is -0.378 e. The van der Waals surface area contributed by atoms with Gasteiger partial charge in [0.15, 0.2) is 0 Å². The van der Waals surface area contributed by atoms with E-state index in [4.69, 9.17) is 4.74 Å². The van der Waals surface area contributed by atoms with Crippen LogP contribution in [0.25, 0.3) is 0 Å². The van der Waals surface area contributed by atoms with Crippen molar-refractivity contribution < 1.29 is 4.74 Å². The molecule has 0 aromatic heterocycles. The number of nitrogens with one attached hydrogen (secondary N) is 1. The Bertz CT molecular complexity index is 183. The van der Waals surface area contributed by atoms with Gasteiger partial charge in [0.2, 0.25) is 0 Å². The zero-order valence-corrected chi connectivity index (χ0v) is 10.9. The van der Waals surface area contributed by atoms with Crippen molar-refractivity contribution in [3.05, 3.63) is 12.2 Å². The summed E-state index contributed by atoms with van der Waals surface area (Å²) in [7, 11) is 0. The SMILES string of the molecule is CC(C)CNCCC=CCCC1CCCO1. The summed E-state index contributed by atoms with van der Waals surface area (Å²) in [4.78, 5) is 0. The predicted octanol–water partition coefficient (Wildman–Crippen LogP) is 3.14. The van der Waals surface area contributed by atoms with Gasteiger partial charge in [-0.2, -0.15) is 0 Å². The number of rotatable bonds is 8. The molecule has 1 aliphatic heterocycles. The fourth-order valence-electron chi connectivity index (χ4n) is 1.97. The number of ether oxygens (including phenoxy) is 1. The third-order valence-electron chi connectivity index (χ3n) is 2.89. The van der Waals surface area contributed by atoms with Crippen LogP contribution in [0, 0.1) is 5.92 Å². The van der Waals surface area contributed by atoms with E-state index in [1.165, 1.54) is 25.7 Å². The van der Waals surface area contributed by atoms with Gasteiger partial charge in [0.05, 0.1) is 6.10 Å². The topological polar surface area (TPSA) is 21.3 Å². The second-order valence-electron chi connectivity index (χ2n) is 5.07. The summed E-state index contributed by atoms with van der Waals surface area (Å²) < 4.78 is 5.58. The van der Waals surface area contributed by atoms with Gasteiger partial charge in [0, 0.05) is 6.61 Å². The van der Waals surface area contributed by atoms with E-state index in [9.17, 15) is 0 Å². The van der Waals surface area contributed by atoms with Crippen LogP contribution in [0.5, 0.6) is 0 Å². The molecule has 1 fully saturated rings. The smallest absolute Gasteiger partial charge is 0.0579 e. The van der Waals surface area contributed by atoms with Crippen molar-refractivity contribution in [3.63, 3.8) is 0 Å². The first-order valence-electron chi connectivity index (χ1n) is 6.76. The maximum absolute atomic E-state index is 5.58. The molecule has 16 heavy (non-hydrogen) atoms. The van der Waals surface area contributed by atoms with Crippen molar-refractivity contribution in [2.24, 2.45) is 5.92 Å². The van der Waals surface area contributed by atoms with Gasteiger partial charge in [-0.05, 0) is 51.1 Å². The maximum Gasteiger partial charge on any atom is 0.0579 e. The molecule has 2 nitrogen and oxygen atoms in total. The lowest BCUT2D eigenvalue weighted by Crippen LogP contribution is -2.20. The van der Waals surface area contributed by atoms with Crippen LogP contribution in [0.4, 0.5) is 0 Å². The van der Waals surface area contributed by atoms with E-state index in [1.807, 2.05) is 0 Å². The Morgan fingerprint density at radius 1 is 1.31 bits per heavy atom. The second-order valence-corrected chi connectivity index (χ2v) is 5.07. The highest BCUT2D eigenvalue weighted by molar-refractivity contribution is 4.83. The lowest BCUT2D eigenvalue weighted by molar-refractivity contribution is 0.105. The monoisotopic (exact) mass is 225 g/mol. The third kappa shape index (κ3) is 7.02. The summed E-state index contributed by atoms with van der Waals surface area (Å²) in [6.07, 6.45) is 11.2. The zero-order chi connectivity index (χ0) is 11.6. The summed E-state index contributed by atoms with van der Waals surface area (Å²) in [5.74, 6) is 0.753. The van der Waals surface area contributed by atoms with Crippen LogP contribution >= 0.6 is 0 Å². The van der Waals surface area contributed by atoms with E-state index in [1.54, 1.807) is 0 Å². The molecule has 1 heterocycles. The highest BCUT2D eigenvalue weighted by Crippen LogP contribution is 2.16. The third-order valence-corrected chi connectivity index (χ3v) is 2.89. The van der Waals surface area contributed by atoms with Crippen molar-refractivity contribution in [2.45, 2.75) is 52.1 Å². The van der Waals surface area contributed by atoms with Crippen molar-refractivity contribution in [2.75, 3.05) is 19.7 Å². The molecule has 0 aromatic rings. The molecule has 1 saturated heterocycles. The first kappa shape index (κ1) is 13.7. The van der Waals surface area contributed by atoms with Gasteiger partial charge in [0.1, 0.15) is 0 Å². The van der Waals surface area contributed by atoms with Crippen LogP contribution in [-0.4, -0.2) is 25.8 Å². The normalized spacial score (nSPS) is 21.3. The van der Waals surface area contributed by atoms with E-state index < -0.39 is 0 Å².